The fraction of sp³-hybridized carbons (Fsp3) is 1.00. The van der Waals surface area contributed by atoms with Crippen molar-refractivity contribution in [3.05, 3.63) is 0 Å². The number of hydrogen-bond acceptors (Lipinski definition) is 1. The van der Waals surface area contributed by atoms with Crippen molar-refractivity contribution in [1.82, 2.24) is 0 Å². The van der Waals surface area contributed by atoms with E-state index in [1.54, 1.807) is 0 Å². The SMILES string of the molecule is CCOC([SiH3])(CC(C)(C)C)CC(C)(C)C. The third-order valence-electron chi connectivity index (χ3n) is 2.30. The molecule has 92 valence electrons. The summed E-state index contributed by atoms with van der Waals surface area (Å²) in [6.07, 6.45) is 2.36. The van der Waals surface area contributed by atoms with Crippen LogP contribution >= 0.6 is 0 Å². The molecule has 0 N–H and O–H groups in total. The highest BCUT2D eigenvalue weighted by molar-refractivity contribution is 6.14. The van der Waals surface area contributed by atoms with E-state index >= 15 is 0 Å². The van der Waals surface area contributed by atoms with Crippen LogP contribution in [0.15, 0.2) is 0 Å². The molecule has 0 amide bonds. The van der Waals surface area contributed by atoms with Crippen molar-refractivity contribution >= 4 is 10.2 Å². The van der Waals surface area contributed by atoms with Gasteiger partial charge < -0.3 is 4.74 Å². The van der Waals surface area contributed by atoms with Crippen molar-refractivity contribution in [3.63, 3.8) is 0 Å². The van der Waals surface area contributed by atoms with Gasteiger partial charge in [0.25, 0.3) is 0 Å². The smallest absolute Gasteiger partial charge is 0.0495 e. The Labute approximate surface area is 99.4 Å². The molecule has 0 unspecified atom stereocenters. The van der Waals surface area contributed by atoms with Crippen molar-refractivity contribution in [2.24, 2.45) is 10.8 Å². The third-order valence-corrected chi connectivity index (χ3v) is 3.30. The highest BCUT2D eigenvalue weighted by Crippen LogP contribution is 2.36. The maximum Gasteiger partial charge on any atom is 0.0495 e. The quantitative estimate of drug-likeness (QED) is 0.675. The molecule has 0 radical (unpaired) electrons. The second-order valence-electron chi connectivity index (χ2n) is 7.36. The van der Waals surface area contributed by atoms with Gasteiger partial charge in [-0.15, -0.1) is 0 Å². The van der Waals surface area contributed by atoms with Crippen molar-refractivity contribution < 1.29 is 4.74 Å². The van der Waals surface area contributed by atoms with Gasteiger partial charge in [-0.1, -0.05) is 41.5 Å². The van der Waals surface area contributed by atoms with Crippen LogP contribution in [0.2, 0.25) is 0 Å². The molecule has 0 spiro atoms. The summed E-state index contributed by atoms with van der Waals surface area (Å²) in [5.41, 5.74) is 0.727. The standard InChI is InChI=1S/C13H30OSi/c1-8-14-13(15,9-11(2,3)4)10-12(5,6)7/h8-10H2,1-7,15H3. The molecule has 1 nitrogen and oxygen atoms in total. The van der Waals surface area contributed by atoms with Gasteiger partial charge in [0.2, 0.25) is 0 Å². The predicted octanol–water partition coefficient (Wildman–Crippen LogP) is 2.96. The van der Waals surface area contributed by atoms with Crippen molar-refractivity contribution in [2.45, 2.75) is 66.5 Å². The van der Waals surface area contributed by atoms with E-state index in [1.165, 1.54) is 12.8 Å². The second kappa shape index (κ2) is 5.01. The van der Waals surface area contributed by atoms with E-state index in [0.717, 1.165) is 16.8 Å². The van der Waals surface area contributed by atoms with E-state index in [2.05, 4.69) is 48.5 Å². The number of ether oxygens (including phenoxy) is 1. The summed E-state index contributed by atoms with van der Waals surface area (Å²) in [5.74, 6) is 0. The topological polar surface area (TPSA) is 9.23 Å². The summed E-state index contributed by atoms with van der Waals surface area (Å²) < 4.78 is 6.04. The van der Waals surface area contributed by atoms with E-state index in [1.807, 2.05) is 0 Å². The van der Waals surface area contributed by atoms with E-state index in [9.17, 15) is 0 Å². The molecule has 0 bridgehead atoms. The molecular formula is C13H30OSi. The summed E-state index contributed by atoms with van der Waals surface area (Å²) in [5, 5.41) is 0.158. The van der Waals surface area contributed by atoms with E-state index in [0.29, 0.717) is 10.8 Å². The molecule has 0 aromatic rings. The Morgan fingerprint density at radius 1 is 0.867 bits per heavy atom. The molecule has 0 aromatic heterocycles. The molecular weight excluding hydrogens is 200 g/mol. The number of hydrogen-bond donors (Lipinski definition) is 0. The molecule has 0 aliphatic rings. The lowest BCUT2D eigenvalue weighted by Gasteiger charge is -2.40. The van der Waals surface area contributed by atoms with Gasteiger partial charge in [0.05, 0.1) is 0 Å². The summed E-state index contributed by atoms with van der Waals surface area (Å²) in [6, 6.07) is 0. The monoisotopic (exact) mass is 230 g/mol. The first-order valence-electron chi connectivity index (χ1n) is 6.11. The Bertz CT molecular complexity index is 170. The molecule has 0 aromatic carbocycles. The first-order valence-corrected chi connectivity index (χ1v) is 7.11. The first kappa shape index (κ1) is 15.2. The van der Waals surface area contributed by atoms with Crippen molar-refractivity contribution in [3.8, 4) is 0 Å². The zero-order valence-corrected chi connectivity index (χ0v) is 14.0. The average Bonchev–Trinajstić information content (AvgIpc) is 1.74. The molecule has 0 fully saturated rings. The van der Waals surface area contributed by atoms with Gasteiger partial charge in [0.15, 0.2) is 0 Å². The molecule has 0 atom stereocenters. The summed E-state index contributed by atoms with van der Waals surface area (Å²) in [4.78, 5) is 0. The molecule has 0 rings (SSSR count). The van der Waals surface area contributed by atoms with Crippen molar-refractivity contribution in [1.29, 1.82) is 0 Å². The summed E-state index contributed by atoms with van der Waals surface area (Å²) in [7, 11) is 1.12. The fourth-order valence-corrected chi connectivity index (χ4v) is 5.17. The maximum absolute atomic E-state index is 6.04. The van der Waals surface area contributed by atoms with Gasteiger partial charge in [0, 0.05) is 22.1 Å². The van der Waals surface area contributed by atoms with Gasteiger partial charge in [-0.25, -0.2) is 0 Å². The second-order valence-corrected chi connectivity index (χ2v) is 9.18. The third kappa shape index (κ3) is 8.03. The highest BCUT2D eigenvalue weighted by atomic mass is 28.1. The van der Waals surface area contributed by atoms with Crippen molar-refractivity contribution in [2.75, 3.05) is 6.61 Å². The molecule has 0 saturated heterocycles. The van der Waals surface area contributed by atoms with Gasteiger partial charge in [-0.3, -0.25) is 0 Å². The van der Waals surface area contributed by atoms with Gasteiger partial charge in [0.1, 0.15) is 0 Å². The van der Waals surface area contributed by atoms with Gasteiger partial charge in [-0.2, -0.15) is 0 Å². The van der Waals surface area contributed by atoms with Crippen LogP contribution in [0.5, 0.6) is 0 Å². The largest absolute Gasteiger partial charge is 0.380 e. The molecule has 2 heteroatoms. The lowest BCUT2D eigenvalue weighted by atomic mass is 9.81. The zero-order chi connectivity index (χ0) is 12.3. The Kier molecular flexibility index (Phi) is 5.06. The number of rotatable bonds is 4. The Morgan fingerprint density at radius 3 is 1.40 bits per heavy atom. The Hall–Kier alpha value is 0.177. The van der Waals surface area contributed by atoms with Crippen LogP contribution in [0.25, 0.3) is 0 Å². The van der Waals surface area contributed by atoms with E-state index in [-0.39, 0.29) is 5.22 Å². The van der Waals surface area contributed by atoms with Crippen LogP contribution in [0, 0.1) is 10.8 Å². The van der Waals surface area contributed by atoms with Crippen LogP contribution in [0.1, 0.15) is 61.3 Å². The molecule has 0 aliphatic carbocycles. The lowest BCUT2D eigenvalue weighted by molar-refractivity contribution is -0.0265. The normalized spacial score (nSPS) is 14.6. The molecule has 0 heterocycles. The maximum atomic E-state index is 6.04. The first-order chi connectivity index (χ1) is 6.47. The predicted molar refractivity (Wildman–Crippen MR) is 72.4 cm³/mol. The van der Waals surface area contributed by atoms with Gasteiger partial charge >= 0.3 is 0 Å². The van der Waals surface area contributed by atoms with Crippen LogP contribution in [-0.2, 0) is 4.74 Å². The molecule has 0 saturated carbocycles. The highest BCUT2D eigenvalue weighted by Gasteiger charge is 2.34. The molecule has 0 aliphatic heterocycles. The van der Waals surface area contributed by atoms with Crippen LogP contribution in [-0.4, -0.2) is 22.1 Å². The summed E-state index contributed by atoms with van der Waals surface area (Å²) >= 11 is 0. The molecule has 15 heavy (non-hydrogen) atoms. The fourth-order valence-electron chi connectivity index (χ4n) is 2.76. The minimum Gasteiger partial charge on any atom is -0.380 e. The van der Waals surface area contributed by atoms with E-state index in [4.69, 9.17) is 4.74 Å². The van der Waals surface area contributed by atoms with E-state index < -0.39 is 0 Å². The Morgan fingerprint density at radius 2 is 1.20 bits per heavy atom. The van der Waals surface area contributed by atoms with Crippen LogP contribution in [0.4, 0.5) is 0 Å². The van der Waals surface area contributed by atoms with Crippen LogP contribution < -0.4 is 0 Å². The minimum absolute atomic E-state index is 0.158. The van der Waals surface area contributed by atoms with Crippen LogP contribution in [0.3, 0.4) is 0 Å². The minimum atomic E-state index is 0.158. The Balaban J connectivity index is 4.59. The average molecular weight is 230 g/mol. The lowest BCUT2D eigenvalue weighted by Crippen LogP contribution is -2.41. The summed E-state index contributed by atoms with van der Waals surface area (Å²) in [6.45, 7) is 16.8. The van der Waals surface area contributed by atoms with Gasteiger partial charge in [-0.05, 0) is 30.6 Å². The zero-order valence-electron chi connectivity index (χ0n) is 12.0.